The van der Waals surface area contributed by atoms with Crippen LogP contribution in [0.25, 0.3) is 0 Å². The van der Waals surface area contributed by atoms with Gasteiger partial charge in [0.05, 0.1) is 12.1 Å². The lowest BCUT2D eigenvalue weighted by molar-refractivity contribution is 0.158. The van der Waals surface area contributed by atoms with Crippen molar-refractivity contribution in [1.82, 2.24) is 9.44 Å². The smallest absolute Gasteiger partial charge is 0.421 e. The molecule has 112 valence electrons. The van der Waals surface area contributed by atoms with Gasteiger partial charge in [0, 0.05) is 0 Å². The lowest BCUT2D eigenvalue weighted by Gasteiger charge is -2.30. The molecule has 0 aliphatic heterocycles. The van der Waals surface area contributed by atoms with Crippen molar-refractivity contribution in [3.8, 4) is 0 Å². The Bertz CT molecular complexity index is 430. The number of amides is 1. The minimum absolute atomic E-state index is 0.0360. The summed E-state index contributed by atoms with van der Waals surface area (Å²) in [4.78, 5) is 11.1. The lowest BCUT2D eigenvalue weighted by Crippen LogP contribution is -2.59. The first kappa shape index (κ1) is 17.4. The van der Waals surface area contributed by atoms with Gasteiger partial charge in [-0.05, 0) is 19.8 Å². The standard InChI is InChI=1S/C9H20N4O5S/c1-4-9(5-2,7(10)11-15)13-19(16,17)12-8(14)18-6-3/h13,15H,4-6H2,1-3H3,(H2,10,11)(H,12,14). The van der Waals surface area contributed by atoms with Crippen LogP contribution in [-0.4, -0.2) is 37.7 Å². The minimum Gasteiger partial charge on any atom is -0.449 e. The molecule has 0 bridgehead atoms. The lowest BCUT2D eigenvalue weighted by atomic mass is 9.93. The zero-order valence-electron chi connectivity index (χ0n) is 11.1. The van der Waals surface area contributed by atoms with Crippen molar-refractivity contribution in [3.05, 3.63) is 0 Å². The molecule has 0 unspecified atom stereocenters. The molecule has 0 saturated heterocycles. The van der Waals surface area contributed by atoms with Gasteiger partial charge in [0.15, 0.2) is 5.84 Å². The van der Waals surface area contributed by atoms with Crippen LogP contribution >= 0.6 is 0 Å². The Morgan fingerprint density at radius 3 is 2.26 bits per heavy atom. The summed E-state index contributed by atoms with van der Waals surface area (Å²) in [5.74, 6) is -0.285. The second-order valence-corrected chi connectivity index (χ2v) is 5.12. The quantitative estimate of drug-likeness (QED) is 0.223. The largest absolute Gasteiger partial charge is 0.449 e. The van der Waals surface area contributed by atoms with E-state index in [1.807, 2.05) is 0 Å². The molecule has 10 heteroatoms. The van der Waals surface area contributed by atoms with Crippen molar-refractivity contribution in [3.63, 3.8) is 0 Å². The van der Waals surface area contributed by atoms with Crippen LogP contribution < -0.4 is 15.2 Å². The number of rotatable bonds is 7. The fourth-order valence-corrected chi connectivity index (χ4v) is 2.69. The first-order chi connectivity index (χ1) is 8.76. The van der Waals surface area contributed by atoms with Gasteiger partial charge in [-0.15, -0.1) is 0 Å². The monoisotopic (exact) mass is 296 g/mol. The molecule has 0 spiro atoms. The summed E-state index contributed by atoms with van der Waals surface area (Å²) in [6, 6.07) is 0. The molecule has 0 atom stereocenters. The summed E-state index contributed by atoms with van der Waals surface area (Å²) in [6.07, 6.45) is -0.623. The molecule has 0 heterocycles. The summed E-state index contributed by atoms with van der Waals surface area (Å²) in [6.45, 7) is 4.90. The summed E-state index contributed by atoms with van der Waals surface area (Å²) in [5.41, 5.74) is 4.23. The summed E-state index contributed by atoms with van der Waals surface area (Å²) in [5, 5.41) is 11.5. The van der Waals surface area contributed by atoms with Crippen LogP contribution in [0.1, 0.15) is 33.6 Å². The molecule has 9 nitrogen and oxygen atoms in total. The Kier molecular flexibility index (Phi) is 6.56. The Balaban J connectivity index is 5.10. The molecule has 19 heavy (non-hydrogen) atoms. The van der Waals surface area contributed by atoms with Crippen LogP contribution in [-0.2, 0) is 14.9 Å². The molecule has 0 aromatic heterocycles. The van der Waals surface area contributed by atoms with Crippen LogP contribution in [0.15, 0.2) is 5.16 Å². The maximum Gasteiger partial charge on any atom is 0.421 e. The first-order valence-corrected chi connectivity index (χ1v) is 7.21. The summed E-state index contributed by atoms with van der Waals surface area (Å²) >= 11 is 0. The zero-order chi connectivity index (χ0) is 15.1. The average molecular weight is 296 g/mol. The predicted molar refractivity (Wildman–Crippen MR) is 68.9 cm³/mol. The third-order valence-corrected chi connectivity index (χ3v) is 3.72. The van der Waals surface area contributed by atoms with Gasteiger partial charge >= 0.3 is 16.3 Å². The summed E-state index contributed by atoms with van der Waals surface area (Å²) < 4.78 is 31.8. The number of carbonyl (C=O) groups excluding carboxylic acids is 1. The highest BCUT2D eigenvalue weighted by atomic mass is 32.2. The van der Waals surface area contributed by atoms with E-state index in [-0.39, 0.29) is 25.3 Å². The van der Waals surface area contributed by atoms with Gasteiger partial charge in [0.25, 0.3) is 0 Å². The van der Waals surface area contributed by atoms with E-state index in [9.17, 15) is 13.2 Å². The molecular formula is C9H20N4O5S. The van der Waals surface area contributed by atoms with Crippen LogP contribution in [0.3, 0.4) is 0 Å². The number of nitrogens with one attached hydrogen (secondary N) is 2. The number of nitrogens with two attached hydrogens (primary N) is 1. The number of hydrogen-bond donors (Lipinski definition) is 4. The topological polar surface area (TPSA) is 143 Å². The van der Waals surface area contributed by atoms with Crippen molar-refractivity contribution in [2.45, 2.75) is 39.2 Å². The molecule has 0 aromatic carbocycles. The second kappa shape index (κ2) is 7.14. The first-order valence-electron chi connectivity index (χ1n) is 5.73. The highest BCUT2D eigenvalue weighted by Crippen LogP contribution is 2.16. The van der Waals surface area contributed by atoms with E-state index in [0.29, 0.717) is 0 Å². The van der Waals surface area contributed by atoms with E-state index >= 15 is 0 Å². The van der Waals surface area contributed by atoms with E-state index < -0.39 is 21.8 Å². The van der Waals surface area contributed by atoms with Gasteiger partial charge in [-0.1, -0.05) is 19.0 Å². The highest BCUT2D eigenvalue weighted by molar-refractivity contribution is 7.88. The Morgan fingerprint density at radius 2 is 1.89 bits per heavy atom. The summed E-state index contributed by atoms with van der Waals surface area (Å²) in [7, 11) is -4.19. The molecule has 0 aromatic rings. The number of amidine groups is 1. The molecule has 5 N–H and O–H groups in total. The molecule has 0 rings (SSSR count). The predicted octanol–water partition coefficient (Wildman–Crippen LogP) is -0.128. The molecule has 0 saturated carbocycles. The van der Waals surface area contributed by atoms with E-state index in [2.05, 4.69) is 14.6 Å². The average Bonchev–Trinajstić information content (AvgIpc) is 2.34. The number of ether oxygens (including phenoxy) is 1. The van der Waals surface area contributed by atoms with Gasteiger partial charge < -0.3 is 15.7 Å². The SMILES string of the molecule is CCOC(=O)NS(=O)(=O)NC(CC)(CC)C(N)=NO. The van der Waals surface area contributed by atoms with E-state index in [1.54, 1.807) is 25.5 Å². The Labute approximate surface area is 112 Å². The van der Waals surface area contributed by atoms with Gasteiger partial charge in [-0.2, -0.15) is 13.1 Å². The fraction of sp³-hybridized carbons (Fsp3) is 0.778. The third-order valence-electron chi connectivity index (χ3n) is 2.63. The molecular weight excluding hydrogens is 276 g/mol. The number of nitrogens with zero attached hydrogens (tertiary/aromatic N) is 1. The fourth-order valence-electron chi connectivity index (χ4n) is 1.46. The van der Waals surface area contributed by atoms with E-state index in [1.165, 1.54) is 0 Å². The maximum atomic E-state index is 11.8. The number of hydrogen-bond acceptors (Lipinski definition) is 6. The Morgan fingerprint density at radius 1 is 1.37 bits per heavy atom. The van der Waals surface area contributed by atoms with Gasteiger partial charge in [0.2, 0.25) is 0 Å². The van der Waals surface area contributed by atoms with Gasteiger partial charge in [-0.3, -0.25) is 0 Å². The van der Waals surface area contributed by atoms with Crippen LogP contribution in [0, 0.1) is 0 Å². The molecule has 0 aliphatic rings. The molecule has 0 radical (unpaired) electrons. The molecule has 1 amide bonds. The van der Waals surface area contributed by atoms with Crippen LogP contribution in [0.4, 0.5) is 4.79 Å². The highest BCUT2D eigenvalue weighted by Gasteiger charge is 2.36. The van der Waals surface area contributed by atoms with Gasteiger partial charge in [-0.25, -0.2) is 9.52 Å². The third kappa shape index (κ3) is 4.91. The van der Waals surface area contributed by atoms with Crippen LogP contribution in [0.5, 0.6) is 0 Å². The van der Waals surface area contributed by atoms with Crippen molar-refractivity contribution in [1.29, 1.82) is 0 Å². The van der Waals surface area contributed by atoms with Crippen molar-refractivity contribution in [2.24, 2.45) is 10.9 Å². The van der Waals surface area contributed by atoms with Crippen molar-refractivity contribution < 1.29 is 23.2 Å². The normalized spacial score (nSPS) is 13.1. The molecule has 0 aliphatic carbocycles. The maximum absolute atomic E-state index is 11.8. The van der Waals surface area contributed by atoms with Gasteiger partial charge in [0.1, 0.15) is 0 Å². The zero-order valence-corrected chi connectivity index (χ0v) is 12.0. The minimum atomic E-state index is -4.19. The second-order valence-electron chi connectivity index (χ2n) is 3.70. The number of carbonyl (C=O) groups is 1. The Hall–Kier alpha value is -1.55. The number of oxime groups is 1. The van der Waals surface area contributed by atoms with E-state index in [0.717, 1.165) is 0 Å². The van der Waals surface area contributed by atoms with Crippen molar-refractivity contribution in [2.75, 3.05) is 6.61 Å². The molecule has 0 fully saturated rings. The van der Waals surface area contributed by atoms with Crippen molar-refractivity contribution >= 4 is 22.1 Å². The van der Waals surface area contributed by atoms with Crippen LogP contribution in [0.2, 0.25) is 0 Å². The van der Waals surface area contributed by atoms with E-state index in [4.69, 9.17) is 10.9 Å².